The van der Waals surface area contributed by atoms with Crippen LogP contribution < -0.4 is 10.6 Å². The van der Waals surface area contributed by atoms with Crippen LogP contribution in [0.3, 0.4) is 0 Å². The van der Waals surface area contributed by atoms with Crippen LogP contribution in [-0.2, 0) is 4.74 Å². The van der Waals surface area contributed by atoms with Crippen molar-refractivity contribution < 1.29 is 9.53 Å². The van der Waals surface area contributed by atoms with E-state index in [-0.39, 0.29) is 11.9 Å². The number of carbonyl (C=O) groups is 1. The topological polar surface area (TPSA) is 63.2 Å². The van der Waals surface area contributed by atoms with E-state index >= 15 is 0 Å². The fourth-order valence-electron chi connectivity index (χ4n) is 1.28. The van der Waals surface area contributed by atoms with Crippen LogP contribution in [0.2, 0.25) is 0 Å². The van der Waals surface area contributed by atoms with Gasteiger partial charge < -0.3 is 15.4 Å². The highest BCUT2D eigenvalue weighted by Crippen LogP contribution is 2.22. The first-order valence-corrected chi connectivity index (χ1v) is 5.85. The van der Waals surface area contributed by atoms with E-state index in [1.54, 1.807) is 14.2 Å². The Balaban J connectivity index is 2.73. The molecule has 0 saturated carbocycles. The van der Waals surface area contributed by atoms with Gasteiger partial charge in [0.15, 0.2) is 5.13 Å². The molecule has 1 amide bonds. The maximum atomic E-state index is 11.5. The zero-order valence-electron chi connectivity index (χ0n) is 9.96. The van der Waals surface area contributed by atoms with Crippen molar-refractivity contribution in [2.45, 2.75) is 19.9 Å². The Bertz CT molecular complexity index is 365. The van der Waals surface area contributed by atoms with Crippen LogP contribution in [0.4, 0.5) is 5.13 Å². The lowest BCUT2D eigenvalue weighted by molar-refractivity contribution is 0.0966. The molecule has 0 fully saturated rings. The molecular formula is C10H17N3O2S. The number of amides is 1. The molecule has 0 aliphatic carbocycles. The average Bonchev–Trinajstić information content (AvgIpc) is 2.58. The van der Waals surface area contributed by atoms with Gasteiger partial charge in [-0.3, -0.25) is 4.79 Å². The molecule has 0 bridgehead atoms. The molecule has 0 saturated heterocycles. The minimum atomic E-state index is -0.0950. The summed E-state index contributed by atoms with van der Waals surface area (Å²) >= 11 is 1.36. The van der Waals surface area contributed by atoms with Crippen LogP contribution >= 0.6 is 11.3 Å². The Morgan fingerprint density at radius 3 is 2.88 bits per heavy atom. The van der Waals surface area contributed by atoms with Crippen LogP contribution in [0.5, 0.6) is 0 Å². The number of hydrogen-bond donors (Lipinski definition) is 2. The fraction of sp³-hybridized carbons (Fsp3) is 0.600. The Morgan fingerprint density at radius 1 is 1.62 bits per heavy atom. The molecule has 90 valence electrons. The van der Waals surface area contributed by atoms with Crippen LogP contribution in [-0.4, -0.2) is 37.7 Å². The van der Waals surface area contributed by atoms with Gasteiger partial charge >= 0.3 is 0 Å². The minimum absolute atomic E-state index is 0.0950. The maximum Gasteiger partial charge on any atom is 0.263 e. The minimum Gasteiger partial charge on any atom is -0.383 e. The van der Waals surface area contributed by atoms with Gasteiger partial charge in [-0.15, -0.1) is 0 Å². The highest BCUT2D eigenvalue weighted by Gasteiger charge is 2.14. The van der Waals surface area contributed by atoms with Gasteiger partial charge in [0.1, 0.15) is 4.88 Å². The number of anilines is 1. The summed E-state index contributed by atoms with van der Waals surface area (Å²) in [7, 11) is 3.27. The van der Waals surface area contributed by atoms with Gasteiger partial charge in [-0.25, -0.2) is 4.98 Å². The number of hydrogen-bond acceptors (Lipinski definition) is 5. The second kappa shape index (κ2) is 5.81. The number of methoxy groups -OCH3 is 1. The van der Waals surface area contributed by atoms with Crippen molar-refractivity contribution in [2.75, 3.05) is 26.1 Å². The lowest BCUT2D eigenvalue weighted by Crippen LogP contribution is -2.20. The normalized spacial score (nSPS) is 12.2. The predicted octanol–water partition coefficient (Wildman–Crippen LogP) is 1.26. The van der Waals surface area contributed by atoms with E-state index < -0.39 is 0 Å². The highest BCUT2D eigenvalue weighted by molar-refractivity contribution is 7.17. The van der Waals surface area contributed by atoms with E-state index in [1.165, 1.54) is 11.3 Å². The summed E-state index contributed by atoms with van der Waals surface area (Å²) in [6.45, 7) is 4.43. The van der Waals surface area contributed by atoms with E-state index in [0.717, 1.165) is 10.8 Å². The van der Waals surface area contributed by atoms with Gasteiger partial charge in [-0.2, -0.15) is 0 Å². The molecule has 0 spiro atoms. The molecule has 16 heavy (non-hydrogen) atoms. The molecule has 6 heteroatoms. The van der Waals surface area contributed by atoms with Crippen molar-refractivity contribution in [1.82, 2.24) is 10.3 Å². The standard InChI is InChI=1S/C10H17N3O2S/c1-6(5-15-4)12-10-13-7(2)8(16-10)9(14)11-3/h6H,5H2,1-4H3,(H,11,14)(H,12,13)/t6-/m1/s1. The molecule has 1 heterocycles. The van der Waals surface area contributed by atoms with Gasteiger partial charge in [-0.05, 0) is 13.8 Å². The van der Waals surface area contributed by atoms with E-state index in [2.05, 4.69) is 15.6 Å². The van der Waals surface area contributed by atoms with Crippen molar-refractivity contribution in [1.29, 1.82) is 0 Å². The molecule has 1 rings (SSSR count). The molecule has 0 unspecified atom stereocenters. The monoisotopic (exact) mass is 243 g/mol. The Morgan fingerprint density at radius 2 is 2.31 bits per heavy atom. The first-order valence-electron chi connectivity index (χ1n) is 5.03. The number of rotatable bonds is 5. The molecule has 1 aromatic heterocycles. The summed E-state index contributed by atoms with van der Waals surface area (Å²) in [6, 6.07) is 0.174. The Kier molecular flexibility index (Phi) is 4.70. The molecule has 5 nitrogen and oxygen atoms in total. The summed E-state index contributed by atoms with van der Waals surface area (Å²) in [4.78, 5) is 16.4. The maximum absolute atomic E-state index is 11.5. The second-order valence-corrected chi connectivity index (χ2v) is 4.51. The summed E-state index contributed by atoms with van der Waals surface area (Å²) < 4.78 is 5.02. The highest BCUT2D eigenvalue weighted by atomic mass is 32.1. The second-order valence-electron chi connectivity index (χ2n) is 3.51. The average molecular weight is 243 g/mol. The van der Waals surface area contributed by atoms with Crippen molar-refractivity contribution in [2.24, 2.45) is 0 Å². The van der Waals surface area contributed by atoms with Crippen molar-refractivity contribution >= 4 is 22.4 Å². The van der Waals surface area contributed by atoms with Crippen LogP contribution in [0.1, 0.15) is 22.3 Å². The largest absolute Gasteiger partial charge is 0.383 e. The number of carbonyl (C=O) groups excluding carboxylic acids is 1. The summed E-state index contributed by atoms with van der Waals surface area (Å²) in [6.07, 6.45) is 0. The lowest BCUT2D eigenvalue weighted by Gasteiger charge is -2.10. The molecular weight excluding hydrogens is 226 g/mol. The first kappa shape index (κ1) is 12.9. The molecule has 0 radical (unpaired) electrons. The first-order chi connectivity index (χ1) is 7.58. The number of ether oxygens (including phenoxy) is 1. The Labute approximate surface area is 99.2 Å². The van der Waals surface area contributed by atoms with Gasteiger partial charge in [-0.1, -0.05) is 11.3 Å². The summed E-state index contributed by atoms with van der Waals surface area (Å²) in [5, 5.41) is 6.53. The number of thiazole rings is 1. The van der Waals surface area contributed by atoms with Crippen molar-refractivity contribution in [3.63, 3.8) is 0 Å². The van der Waals surface area contributed by atoms with Crippen molar-refractivity contribution in [3.05, 3.63) is 10.6 Å². The van der Waals surface area contributed by atoms with Crippen LogP contribution in [0, 0.1) is 6.92 Å². The molecule has 1 aromatic rings. The zero-order chi connectivity index (χ0) is 12.1. The summed E-state index contributed by atoms with van der Waals surface area (Å²) in [5.74, 6) is -0.0950. The van der Waals surface area contributed by atoms with E-state index in [4.69, 9.17) is 4.74 Å². The molecule has 0 aliphatic rings. The lowest BCUT2D eigenvalue weighted by atomic mass is 10.4. The number of aryl methyl sites for hydroxylation is 1. The molecule has 0 aliphatic heterocycles. The third kappa shape index (κ3) is 3.18. The number of nitrogens with zero attached hydrogens (tertiary/aromatic N) is 1. The van der Waals surface area contributed by atoms with Crippen LogP contribution in [0.25, 0.3) is 0 Å². The quantitative estimate of drug-likeness (QED) is 0.817. The van der Waals surface area contributed by atoms with Crippen molar-refractivity contribution in [3.8, 4) is 0 Å². The van der Waals surface area contributed by atoms with Gasteiger partial charge in [0.05, 0.1) is 12.3 Å². The number of aromatic nitrogens is 1. The number of nitrogens with one attached hydrogen (secondary N) is 2. The fourth-order valence-corrected chi connectivity index (χ4v) is 2.31. The van der Waals surface area contributed by atoms with Gasteiger partial charge in [0.25, 0.3) is 5.91 Å². The third-order valence-electron chi connectivity index (χ3n) is 2.02. The Hall–Kier alpha value is -1.14. The van der Waals surface area contributed by atoms with E-state index in [1.807, 2.05) is 13.8 Å². The SMILES string of the molecule is CNC(=O)c1sc(N[C@H](C)COC)nc1C. The summed E-state index contributed by atoms with van der Waals surface area (Å²) in [5.41, 5.74) is 0.747. The van der Waals surface area contributed by atoms with E-state index in [0.29, 0.717) is 11.5 Å². The van der Waals surface area contributed by atoms with Gasteiger partial charge in [0.2, 0.25) is 0 Å². The van der Waals surface area contributed by atoms with E-state index in [9.17, 15) is 4.79 Å². The molecule has 2 N–H and O–H groups in total. The van der Waals surface area contributed by atoms with Crippen LogP contribution in [0.15, 0.2) is 0 Å². The molecule has 0 aromatic carbocycles. The zero-order valence-corrected chi connectivity index (χ0v) is 10.8. The predicted molar refractivity (Wildman–Crippen MR) is 65.2 cm³/mol. The molecule has 1 atom stereocenters. The third-order valence-corrected chi connectivity index (χ3v) is 3.10. The smallest absolute Gasteiger partial charge is 0.263 e. The van der Waals surface area contributed by atoms with Gasteiger partial charge in [0, 0.05) is 20.2 Å².